The van der Waals surface area contributed by atoms with E-state index in [0.717, 1.165) is 0 Å². The van der Waals surface area contributed by atoms with Crippen LogP contribution in [0.25, 0.3) is 0 Å². The van der Waals surface area contributed by atoms with Gasteiger partial charge in [0.25, 0.3) is 0 Å². The highest BCUT2D eigenvalue weighted by atomic mass is 79.9. The van der Waals surface area contributed by atoms with Gasteiger partial charge in [-0.05, 0) is 28.1 Å². The quantitative estimate of drug-likeness (QED) is 0.611. The molecule has 90 valence electrons. The Morgan fingerprint density at radius 2 is 2.41 bits per heavy atom. The number of halogens is 1. The molecule has 1 fully saturated rings. The Balaban J connectivity index is 2.22. The second-order valence-corrected chi connectivity index (χ2v) is 4.49. The maximum Gasteiger partial charge on any atom is 0.311 e. The molecule has 1 aliphatic heterocycles. The number of hydrogen-bond acceptors (Lipinski definition) is 4. The molecule has 5 nitrogen and oxygen atoms in total. The Labute approximate surface area is 107 Å². The zero-order valence-electron chi connectivity index (χ0n) is 9.22. The van der Waals surface area contributed by atoms with E-state index < -0.39 is 0 Å². The first kappa shape index (κ1) is 12.0. The van der Waals surface area contributed by atoms with Crippen LogP contribution in [0, 0.1) is 5.92 Å². The monoisotopic (exact) mass is 298 g/mol. The van der Waals surface area contributed by atoms with E-state index in [1.165, 1.54) is 7.11 Å². The number of nitrogens with zero attached hydrogens (tertiary/aromatic N) is 2. The van der Waals surface area contributed by atoms with Crippen LogP contribution in [-0.2, 0) is 14.3 Å². The first-order valence-electron chi connectivity index (χ1n) is 5.12. The standard InChI is InChI=1S/C11H11BrN2O3/c1-17-11(16)7-5-9(15)14(6-7)8-3-2-4-13-10(8)12/h2-4,7H,5-6H2,1H3. The summed E-state index contributed by atoms with van der Waals surface area (Å²) in [5, 5.41) is 0. The molecule has 0 bridgehead atoms. The van der Waals surface area contributed by atoms with Crippen molar-refractivity contribution in [3.05, 3.63) is 22.9 Å². The molecule has 1 atom stereocenters. The van der Waals surface area contributed by atoms with Crippen LogP contribution in [0.15, 0.2) is 22.9 Å². The average Bonchev–Trinajstić information content (AvgIpc) is 2.71. The minimum absolute atomic E-state index is 0.0888. The lowest BCUT2D eigenvalue weighted by molar-refractivity contribution is -0.145. The smallest absolute Gasteiger partial charge is 0.311 e. The number of methoxy groups -OCH3 is 1. The van der Waals surface area contributed by atoms with Crippen molar-refractivity contribution in [3.8, 4) is 0 Å². The normalized spacial score (nSPS) is 19.5. The largest absolute Gasteiger partial charge is 0.469 e. The molecule has 6 heteroatoms. The third-order valence-corrected chi connectivity index (χ3v) is 3.30. The summed E-state index contributed by atoms with van der Waals surface area (Å²) in [7, 11) is 1.33. The molecular formula is C11H11BrN2O3. The van der Waals surface area contributed by atoms with Gasteiger partial charge in [0.05, 0.1) is 18.7 Å². The molecule has 2 heterocycles. The number of amides is 1. The summed E-state index contributed by atoms with van der Waals surface area (Å²) < 4.78 is 5.25. The molecular weight excluding hydrogens is 288 g/mol. The van der Waals surface area contributed by atoms with Crippen LogP contribution in [0.1, 0.15) is 6.42 Å². The summed E-state index contributed by atoms with van der Waals surface area (Å²) in [6.45, 7) is 0.343. The first-order chi connectivity index (χ1) is 8.13. The van der Waals surface area contributed by atoms with Gasteiger partial charge in [-0.2, -0.15) is 0 Å². The predicted molar refractivity (Wildman–Crippen MR) is 64.4 cm³/mol. The summed E-state index contributed by atoms with van der Waals surface area (Å²) in [4.78, 5) is 28.8. The summed E-state index contributed by atoms with van der Waals surface area (Å²) in [5.74, 6) is -0.824. The fraction of sp³-hybridized carbons (Fsp3) is 0.364. The van der Waals surface area contributed by atoms with Crippen molar-refractivity contribution in [2.45, 2.75) is 6.42 Å². The third-order valence-electron chi connectivity index (χ3n) is 2.69. The van der Waals surface area contributed by atoms with E-state index in [2.05, 4.69) is 25.7 Å². The molecule has 0 aliphatic carbocycles. The Morgan fingerprint density at radius 3 is 3.06 bits per heavy atom. The Morgan fingerprint density at radius 1 is 1.65 bits per heavy atom. The van der Waals surface area contributed by atoms with Crippen molar-refractivity contribution in [2.24, 2.45) is 5.92 Å². The molecule has 0 saturated carbocycles. The van der Waals surface area contributed by atoms with Gasteiger partial charge in [0.1, 0.15) is 4.60 Å². The van der Waals surface area contributed by atoms with E-state index in [4.69, 9.17) is 0 Å². The van der Waals surface area contributed by atoms with E-state index in [9.17, 15) is 9.59 Å². The lowest BCUT2D eigenvalue weighted by Gasteiger charge is -2.16. The average molecular weight is 299 g/mol. The minimum Gasteiger partial charge on any atom is -0.469 e. The van der Waals surface area contributed by atoms with Crippen molar-refractivity contribution < 1.29 is 14.3 Å². The van der Waals surface area contributed by atoms with E-state index >= 15 is 0 Å². The van der Waals surface area contributed by atoms with Gasteiger partial charge < -0.3 is 9.64 Å². The number of carbonyl (C=O) groups is 2. The molecule has 2 rings (SSSR count). The van der Waals surface area contributed by atoms with Gasteiger partial charge in [-0.15, -0.1) is 0 Å². The first-order valence-corrected chi connectivity index (χ1v) is 5.91. The van der Waals surface area contributed by atoms with Crippen LogP contribution in [0.4, 0.5) is 5.69 Å². The molecule has 0 N–H and O–H groups in total. The number of anilines is 1. The Kier molecular flexibility index (Phi) is 3.42. The summed E-state index contributed by atoms with van der Waals surface area (Å²) in [5.41, 5.74) is 0.684. The van der Waals surface area contributed by atoms with Crippen LogP contribution in [0.3, 0.4) is 0 Å². The van der Waals surface area contributed by atoms with Gasteiger partial charge in [-0.25, -0.2) is 4.98 Å². The van der Waals surface area contributed by atoms with Gasteiger partial charge in [0, 0.05) is 19.2 Å². The highest BCUT2D eigenvalue weighted by Crippen LogP contribution is 2.30. The number of ether oxygens (including phenoxy) is 1. The topological polar surface area (TPSA) is 59.5 Å². The molecule has 1 aliphatic rings. The van der Waals surface area contributed by atoms with Crippen molar-refractivity contribution in [1.29, 1.82) is 0 Å². The summed E-state index contributed by atoms with van der Waals surface area (Å²) >= 11 is 3.29. The van der Waals surface area contributed by atoms with Crippen LogP contribution in [-0.4, -0.2) is 30.5 Å². The highest BCUT2D eigenvalue weighted by molar-refractivity contribution is 9.10. The molecule has 1 saturated heterocycles. The van der Waals surface area contributed by atoms with Crippen molar-refractivity contribution in [1.82, 2.24) is 4.98 Å². The molecule has 1 aromatic heterocycles. The maximum atomic E-state index is 11.8. The van der Waals surface area contributed by atoms with Crippen molar-refractivity contribution in [3.63, 3.8) is 0 Å². The van der Waals surface area contributed by atoms with Crippen molar-refractivity contribution >= 4 is 33.5 Å². The lowest BCUT2D eigenvalue weighted by atomic mass is 10.1. The fourth-order valence-corrected chi connectivity index (χ4v) is 2.31. The van der Waals surface area contributed by atoms with E-state index in [1.807, 2.05) is 0 Å². The second kappa shape index (κ2) is 4.83. The lowest BCUT2D eigenvalue weighted by Crippen LogP contribution is -2.26. The van der Waals surface area contributed by atoms with Crippen LogP contribution < -0.4 is 4.90 Å². The molecule has 0 aromatic carbocycles. The third kappa shape index (κ3) is 2.31. The number of esters is 1. The molecule has 0 spiro atoms. The second-order valence-electron chi connectivity index (χ2n) is 3.74. The summed E-state index contributed by atoms with van der Waals surface area (Å²) in [6, 6.07) is 3.54. The number of pyridine rings is 1. The number of rotatable bonds is 2. The van der Waals surface area contributed by atoms with Gasteiger partial charge in [0.15, 0.2) is 0 Å². The van der Waals surface area contributed by atoms with Crippen LogP contribution >= 0.6 is 15.9 Å². The molecule has 1 unspecified atom stereocenters. The van der Waals surface area contributed by atoms with E-state index in [-0.39, 0.29) is 24.2 Å². The van der Waals surface area contributed by atoms with Gasteiger partial charge in [0.2, 0.25) is 5.91 Å². The Bertz CT molecular complexity index is 464. The van der Waals surface area contributed by atoms with E-state index in [1.54, 1.807) is 23.2 Å². The van der Waals surface area contributed by atoms with Gasteiger partial charge in [-0.3, -0.25) is 9.59 Å². The molecule has 1 amide bonds. The van der Waals surface area contributed by atoms with E-state index in [0.29, 0.717) is 16.8 Å². The van der Waals surface area contributed by atoms with Crippen LogP contribution in [0.2, 0.25) is 0 Å². The zero-order chi connectivity index (χ0) is 12.4. The zero-order valence-corrected chi connectivity index (χ0v) is 10.8. The SMILES string of the molecule is COC(=O)C1CC(=O)N(c2cccnc2Br)C1. The molecule has 17 heavy (non-hydrogen) atoms. The summed E-state index contributed by atoms with van der Waals surface area (Å²) in [6.07, 6.45) is 1.82. The van der Waals surface area contributed by atoms with Gasteiger partial charge >= 0.3 is 5.97 Å². The van der Waals surface area contributed by atoms with Crippen molar-refractivity contribution in [2.75, 3.05) is 18.6 Å². The highest BCUT2D eigenvalue weighted by Gasteiger charge is 2.36. The number of hydrogen-bond donors (Lipinski definition) is 0. The number of aromatic nitrogens is 1. The van der Waals surface area contributed by atoms with Gasteiger partial charge in [-0.1, -0.05) is 0 Å². The number of carbonyl (C=O) groups excluding carboxylic acids is 2. The minimum atomic E-state index is -0.389. The Hall–Kier alpha value is -1.43. The van der Waals surface area contributed by atoms with Crippen LogP contribution in [0.5, 0.6) is 0 Å². The maximum absolute atomic E-state index is 11.8. The fourth-order valence-electron chi connectivity index (χ4n) is 1.84. The molecule has 0 radical (unpaired) electrons. The molecule has 1 aromatic rings. The predicted octanol–water partition coefficient (Wildman–Crippen LogP) is 1.37.